The fourth-order valence-electron chi connectivity index (χ4n) is 4.25. The number of ether oxygens (including phenoxy) is 2. The van der Waals surface area contributed by atoms with Crippen molar-refractivity contribution >= 4 is 35.6 Å². The molecule has 1 aliphatic rings. The highest BCUT2D eigenvalue weighted by Crippen LogP contribution is 2.32. The van der Waals surface area contributed by atoms with E-state index in [9.17, 15) is 0 Å². The SMILES string of the molecule is CN=C(NCCc1cn2cccc(C)c2n1)N1CCC(c2cc(OC)cc(OC)c2)C1.I. The smallest absolute Gasteiger partial charge is 0.193 e. The van der Waals surface area contributed by atoms with Gasteiger partial charge in [-0.1, -0.05) is 6.07 Å². The molecule has 8 heteroatoms. The summed E-state index contributed by atoms with van der Waals surface area (Å²) in [6.07, 6.45) is 6.07. The van der Waals surface area contributed by atoms with E-state index in [4.69, 9.17) is 14.5 Å². The third kappa shape index (κ3) is 5.28. The minimum Gasteiger partial charge on any atom is -0.497 e. The second-order valence-electron chi connectivity index (χ2n) is 7.96. The summed E-state index contributed by atoms with van der Waals surface area (Å²) in [6.45, 7) is 4.78. The van der Waals surface area contributed by atoms with Crippen molar-refractivity contribution < 1.29 is 9.47 Å². The second-order valence-corrected chi connectivity index (χ2v) is 7.96. The third-order valence-corrected chi connectivity index (χ3v) is 5.94. The van der Waals surface area contributed by atoms with Gasteiger partial charge in [0.2, 0.25) is 0 Å². The van der Waals surface area contributed by atoms with Crippen LogP contribution in [0.1, 0.15) is 29.2 Å². The van der Waals surface area contributed by atoms with E-state index in [0.717, 1.165) is 61.3 Å². The summed E-state index contributed by atoms with van der Waals surface area (Å²) in [6, 6.07) is 10.3. The molecule has 0 aliphatic carbocycles. The van der Waals surface area contributed by atoms with Crippen LogP contribution in [0.3, 0.4) is 0 Å². The van der Waals surface area contributed by atoms with Crippen LogP contribution in [0.4, 0.5) is 0 Å². The lowest BCUT2D eigenvalue weighted by molar-refractivity contribution is 0.392. The molecule has 1 fully saturated rings. The molecular weight excluding hydrogens is 517 g/mol. The van der Waals surface area contributed by atoms with E-state index in [2.05, 4.69) is 57.0 Å². The molecule has 0 amide bonds. The number of halogens is 1. The fraction of sp³-hybridized carbons (Fsp3) is 0.417. The summed E-state index contributed by atoms with van der Waals surface area (Å²) in [7, 11) is 5.23. The minimum atomic E-state index is 0. The summed E-state index contributed by atoms with van der Waals surface area (Å²) >= 11 is 0. The molecule has 3 heterocycles. The number of methoxy groups -OCH3 is 2. The molecule has 2 aromatic heterocycles. The molecule has 32 heavy (non-hydrogen) atoms. The number of hydrogen-bond donors (Lipinski definition) is 1. The molecule has 0 spiro atoms. The standard InChI is InChI=1S/C24H31N5O2.HI/c1-17-6-5-10-28-16-20(27-23(17)28)7-9-26-24(25-2)29-11-8-18(15-29)19-12-21(30-3)14-22(13-19)31-4;/h5-6,10,12-14,16,18H,7-9,11,15H2,1-4H3,(H,25,26);1H. The van der Waals surface area contributed by atoms with E-state index in [1.807, 2.05) is 19.3 Å². The molecule has 3 aromatic rings. The van der Waals surface area contributed by atoms with E-state index in [-0.39, 0.29) is 24.0 Å². The van der Waals surface area contributed by atoms with Crippen LogP contribution < -0.4 is 14.8 Å². The van der Waals surface area contributed by atoms with Crippen molar-refractivity contribution in [2.75, 3.05) is 40.9 Å². The first-order valence-electron chi connectivity index (χ1n) is 10.7. The molecule has 1 saturated heterocycles. The van der Waals surface area contributed by atoms with Crippen molar-refractivity contribution in [2.24, 2.45) is 4.99 Å². The summed E-state index contributed by atoms with van der Waals surface area (Å²) in [5.74, 6) is 3.03. The number of hydrogen-bond acceptors (Lipinski definition) is 4. The maximum absolute atomic E-state index is 5.44. The number of guanidine groups is 1. The van der Waals surface area contributed by atoms with Crippen LogP contribution in [0.2, 0.25) is 0 Å². The number of imidazole rings is 1. The zero-order chi connectivity index (χ0) is 21.8. The summed E-state index contributed by atoms with van der Waals surface area (Å²) in [5.41, 5.74) is 4.54. The van der Waals surface area contributed by atoms with Gasteiger partial charge >= 0.3 is 0 Å². The summed E-state index contributed by atoms with van der Waals surface area (Å²) < 4.78 is 13.0. The Labute approximate surface area is 206 Å². The number of nitrogens with zero attached hydrogens (tertiary/aromatic N) is 4. The quantitative estimate of drug-likeness (QED) is 0.287. The normalized spacial score (nSPS) is 16.2. The molecule has 4 rings (SSSR count). The van der Waals surface area contributed by atoms with Crippen LogP contribution in [-0.2, 0) is 6.42 Å². The van der Waals surface area contributed by atoms with Crippen molar-refractivity contribution in [3.63, 3.8) is 0 Å². The first-order chi connectivity index (χ1) is 15.1. The average Bonchev–Trinajstić information content (AvgIpc) is 3.44. The molecule has 0 bridgehead atoms. The van der Waals surface area contributed by atoms with Crippen LogP contribution >= 0.6 is 24.0 Å². The van der Waals surface area contributed by atoms with Gasteiger partial charge in [-0.2, -0.15) is 0 Å². The van der Waals surface area contributed by atoms with Crippen molar-refractivity contribution in [3.05, 3.63) is 59.5 Å². The number of rotatable bonds is 6. The van der Waals surface area contributed by atoms with Gasteiger partial charge in [-0.05, 0) is 42.7 Å². The predicted octanol–water partition coefficient (Wildman–Crippen LogP) is 3.89. The number of fused-ring (bicyclic) bond motifs is 1. The lowest BCUT2D eigenvalue weighted by Gasteiger charge is -2.22. The first kappa shape index (κ1) is 24.2. The minimum absolute atomic E-state index is 0. The number of aromatic nitrogens is 2. The molecule has 1 N–H and O–H groups in total. The van der Waals surface area contributed by atoms with Crippen LogP contribution in [0, 0.1) is 6.92 Å². The Morgan fingerprint density at radius 1 is 1.22 bits per heavy atom. The van der Waals surface area contributed by atoms with Crippen LogP contribution in [0.15, 0.2) is 47.7 Å². The van der Waals surface area contributed by atoms with Gasteiger partial charge in [0.25, 0.3) is 0 Å². The Kier molecular flexibility index (Phi) is 8.22. The molecular formula is C24H32IN5O2. The van der Waals surface area contributed by atoms with Crippen LogP contribution in [0.25, 0.3) is 5.65 Å². The van der Waals surface area contributed by atoms with Crippen molar-refractivity contribution in [1.29, 1.82) is 0 Å². The molecule has 0 saturated carbocycles. The van der Waals surface area contributed by atoms with Crippen molar-refractivity contribution in [3.8, 4) is 11.5 Å². The van der Waals surface area contributed by atoms with E-state index < -0.39 is 0 Å². The number of pyridine rings is 1. The average molecular weight is 549 g/mol. The largest absolute Gasteiger partial charge is 0.497 e. The Balaban J connectivity index is 0.00000289. The number of likely N-dealkylation sites (tertiary alicyclic amines) is 1. The van der Waals surface area contributed by atoms with Gasteiger partial charge in [0, 0.05) is 57.5 Å². The zero-order valence-electron chi connectivity index (χ0n) is 19.2. The van der Waals surface area contributed by atoms with Gasteiger partial charge in [0.05, 0.1) is 19.9 Å². The van der Waals surface area contributed by atoms with Gasteiger partial charge in [-0.15, -0.1) is 24.0 Å². The maximum Gasteiger partial charge on any atom is 0.193 e. The monoisotopic (exact) mass is 549 g/mol. The lowest BCUT2D eigenvalue weighted by atomic mass is 9.98. The number of aliphatic imine (C=N–C) groups is 1. The molecule has 0 radical (unpaired) electrons. The highest BCUT2D eigenvalue weighted by atomic mass is 127. The number of nitrogens with one attached hydrogen (secondary N) is 1. The predicted molar refractivity (Wildman–Crippen MR) is 139 cm³/mol. The Hall–Kier alpha value is -2.49. The van der Waals surface area contributed by atoms with Crippen LogP contribution in [-0.4, -0.2) is 61.1 Å². The van der Waals surface area contributed by atoms with Crippen molar-refractivity contribution in [2.45, 2.75) is 25.7 Å². The highest BCUT2D eigenvalue weighted by Gasteiger charge is 2.26. The molecule has 1 aliphatic heterocycles. The molecule has 1 atom stereocenters. The second kappa shape index (κ2) is 10.9. The van der Waals surface area contributed by atoms with Gasteiger partial charge in [-0.25, -0.2) is 4.98 Å². The summed E-state index contributed by atoms with van der Waals surface area (Å²) in [4.78, 5) is 11.6. The third-order valence-electron chi connectivity index (χ3n) is 5.94. The van der Waals surface area contributed by atoms with E-state index >= 15 is 0 Å². The van der Waals surface area contributed by atoms with E-state index in [1.165, 1.54) is 11.1 Å². The Morgan fingerprint density at radius 3 is 2.62 bits per heavy atom. The van der Waals surface area contributed by atoms with Gasteiger partial charge in [0.1, 0.15) is 17.1 Å². The molecule has 172 valence electrons. The molecule has 1 aromatic carbocycles. The first-order valence-corrected chi connectivity index (χ1v) is 10.7. The fourth-order valence-corrected chi connectivity index (χ4v) is 4.25. The van der Waals surface area contributed by atoms with Gasteiger partial charge < -0.3 is 24.1 Å². The number of aryl methyl sites for hydroxylation is 1. The number of benzene rings is 1. The van der Waals surface area contributed by atoms with Crippen LogP contribution in [0.5, 0.6) is 11.5 Å². The molecule has 1 unspecified atom stereocenters. The van der Waals surface area contributed by atoms with Gasteiger partial charge in [0.15, 0.2) is 5.96 Å². The summed E-state index contributed by atoms with van der Waals surface area (Å²) in [5, 5.41) is 3.51. The topological polar surface area (TPSA) is 63.4 Å². The van der Waals surface area contributed by atoms with E-state index in [0.29, 0.717) is 5.92 Å². The van der Waals surface area contributed by atoms with Gasteiger partial charge in [-0.3, -0.25) is 4.99 Å². The Morgan fingerprint density at radius 2 is 1.97 bits per heavy atom. The lowest BCUT2D eigenvalue weighted by Crippen LogP contribution is -2.40. The van der Waals surface area contributed by atoms with E-state index in [1.54, 1.807) is 14.2 Å². The maximum atomic E-state index is 5.44. The van der Waals surface area contributed by atoms with Crippen molar-refractivity contribution in [1.82, 2.24) is 19.6 Å². The molecule has 7 nitrogen and oxygen atoms in total. The zero-order valence-corrected chi connectivity index (χ0v) is 21.5. The Bertz CT molecular complexity index is 1060. The highest BCUT2D eigenvalue weighted by molar-refractivity contribution is 14.0.